The Labute approximate surface area is 133 Å². The fourth-order valence-corrected chi connectivity index (χ4v) is 2.24. The second kappa shape index (κ2) is 6.79. The summed E-state index contributed by atoms with van der Waals surface area (Å²) in [6.45, 7) is 0.278. The van der Waals surface area contributed by atoms with Gasteiger partial charge in [0, 0.05) is 50.5 Å². The van der Waals surface area contributed by atoms with E-state index in [9.17, 15) is 9.18 Å². The van der Waals surface area contributed by atoms with Gasteiger partial charge in [-0.05, 0) is 12.1 Å². The topological polar surface area (TPSA) is 41.4 Å². The predicted molar refractivity (Wildman–Crippen MR) is 84.4 cm³/mol. The van der Waals surface area contributed by atoms with E-state index in [1.165, 1.54) is 17.0 Å². The smallest absolute Gasteiger partial charge is 0.242 e. The van der Waals surface area contributed by atoms with Crippen molar-refractivity contribution in [2.24, 2.45) is 7.05 Å². The summed E-state index contributed by atoms with van der Waals surface area (Å²) in [6.07, 6.45) is 1.80. The van der Waals surface area contributed by atoms with Crippen LogP contribution in [0.25, 0.3) is 0 Å². The van der Waals surface area contributed by atoms with Gasteiger partial charge in [0.1, 0.15) is 5.82 Å². The molecule has 0 N–H and O–H groups in total. The zero-order valence-corrected chi connectivity index (χ0v) is 13.5. The van der Waals surface area contributed by atoms with E-state index in [-0.39, 0.29) is 19.0 Å². The Hall–Kier alpha value is -2.08. The number of benzene rings is 1. The summed E-state index contributed by atoms with van der Waals surface area (Å²) in [5.41, 5.74) is 0.320. The first kappa shape index (κ1) is 16.3. The number of halogens is 2. The minimum Gasteiger partial charge on any atom is -0.349 e. The van der Waals surface area contributed by atoms with E-state index < -0.39 is 5.82 Å². The second-order valence-corrected chi connectivity index (χ2v) is 5.56. The highest BCUT2D eigenvalue weighted by molar-refractivity contribution is 6.31. The largest absolute Gasteiger partial charge is 0.349 e. The second-order valence-electron chi connectivity index (χ2n) is 5.15. The molecule has 0 unspecified atom stereocenters. The number of aromatic nitrogens is 2. The number of hydrogen-bond acceptors (Lipinski definition) is 3. The van der Waals surface area contributed by atoms with Crippen molar-refractivity contribution < 1.29 is 9.18 Å². The number of carbonyl (C=O) groups is 1. The summed E-state index contributed by atoms with van der Waals surface area (Å²) in [6, 6.07) is 6.30. The minimum atomic E-state index is -0.412. The normalized spacial score (nSPS) is 10.6. The zero-order valence-electron chi connectivity index (χ0n) is 12.8. The molecule has 0 fully saturated rings. The number of aryl methyl sites for hydroxylation is 1. The third-order valence-corrected chi connectivity index (χ3v) is 3.70. The lowest BCUT2D eigenvalue weighted by Crippen LogP contribution is -2.36. The molecular weight excluding hydrogens is 307 g/mol. The Morgan fingerprint density at radius 3 is 2.68 bits per heavy atom. The molecule has 22 heavy (non-hydrogen) atoms. The van der Waals surface area contributed by atoms with Gasteiger partial charge < -0.3 is 9.80 Å². The van der Waals surface area contributed by atoms with Crippen LogP contribution in [0.3, 0.4) is 0 Å². The van der Waals surface area contributed by atoms with Gasteiger partial charge in [-0.25, -0.2) is 4.39 Å². The summed E-state index contributed by atoms with van der Waals surface area (Å²) >= 11 is 5.98. The van der Waals surface area contributed by atoms with Crippen molar-refractivity contribution in [1.82, 2.24) is 14.7 Å². The molecule has 7 heteroatoms. The molecule has 5 nitrogen and oxygen atoms in total. The summed E-state index contributed by atoms with van der Waals surface area (Å²) in [4.78, 5) is 15.4. The van der Waals surface area contributed by atoms with Gasteiger partial charge >= 0.3 is 0 Å². The monoisotopic (exact) mass is 324 g/mol. The SMILES string of the molecule is CN(Cc1c(F)cccc1Cl)C(=O)CN(C)c1ccn(C)n1. The Kier molecular flexibility index (Phi) is 5.03. The lowest BCUT2D eigenvalue weighted by Gasteiger charge is -2.22. The molecule has 2 rings (SSSR count). The first-order valence-electron chi connectivity index (χ1n) is 6.76. The van der Waals surface area contributed by atoms with Crippen LogP contribution < -0.4 is 4.90 Å². The van der Waals surface area contributed by atoms with Crippen LogP contribution in [0.1, 0.15) is 5.56 Å². The van der Waals surface area contributed by atoms with Gasteiger partial charge in [0.05, 0.1) is 6.54 Å². The van der Waals surface area contributed by atoms with Crippen LogP contribution >= 0.6 is 11.6 Å². The quantitative estimate of drug-likeness (QED) is 0.847. The van der Waals surface area contributed by atoms with Crippen molar-refractivity contribution in [3.8, 4) is 0 Å². The number of rotatable bonds is 5. The fraction of sp³-hybridized carbons (Fsp3) is 0.333. The number of amides is 1. The molecule has 0 spiro atoms. The van der Waals surface area contributed by atoms with Crippen molar-refractivity contribution in [3.05, 3.63) is 46.9 Å². The van der Waals surface area contributed by atoms with Gasteiger partial charge in [-0.1, -0.05) is 17.7 Å². The molecule has 0 saturated heterocycles. The van der Waals surface area contributed by atoms with Crippen molar-refractivity contribution in [2.45, 2.75) is 6.54 Å². The molecule has 0 radical (unpaired) electrons. The Bertz CT molecular complexity index is 653. The summed E-state index contributed by atoms with van der Waals surface area (Å²) in [7, 11) is 5.22. The van der Waals surface area contributed by atoms with Crippen molar-refractivity contribution in [2.75, 3.05) is 25.5 Å². The van der Waals surface area contributed by atoms with E-state index in [0.717, 1.165) is 0 Å². The van der Waals surface area contributed by atoms with Crippen LogP contribution in [0.15, 0.2) is 30.5 Å². The molecule has 118 valence electrons. The standard InChI is InChI=1S/C15H18ClFN4O/c1-19(14-7-8-21(3)18-14)10-15(22)20(2)9-11-12(16)5-4-6-13(11)17/h4-8H,9-10H2,1-3H3. The van der Waals surface area contributed by atoms with Crippen LogP contribution in [0, 0.1) is 5.82 Å². The highest BCUT2D eigenvalue weighted by atomic mass is 35.5. The zero-order chi connectivity index (χ0) is 16.3. The van der Waals surface area contributed by atoms with Crippen LogP contribution in [0.5, 0.6) is 0 Å². The molecule has 1 heterocycles. The number of carbonyl (C=O) groups excluding carboxylic acids is 1. The molecule has 0 saturated carbocycles. The highest BCUT2D eigenvalue weighted by Crippen LogP contribution is 2.20. The highest BCUT2D eigenvalue weighted by Gasteiger charge is 2.16. The van der Waals surface area contributed by atoms with Gasteiger partial charge in [0.2, 0.25) is 5.91 Å². The fourth-order valence-electron chi connectivity index (χ4n) is 2.02. The predicted octanol–water partition coefficient (Wildman–Crippen LogP) is 2.31. The molecule has 0 aliphatic carbocycles. The van der Waals surface area contributed by atoms with E-state index >= 15 is 0 Å². The lowest BCUT2D eigenvalue weighted by molar-refractivity contribution is -0.128. The molecular formula is C15H18ClFN4O. The molecule has 1 aromatic carbocycles. The van der Waals surface area contributed by atoms with Gasteiger partial charge in [-0.2, -0.15) is 5.10 Å². The lowest BCUT2D eigenvalue weighted by atomic mass is 10.2. The minimum absolute atomic E-state index is 0.125. The van der Waals surface area contributed by atoms with Gasteiger partial charge in [0.15, 0.2) is 5.82 Å². The first-order chi connectivity index (χ1) is 10.4. The first-order valence-corrected chi connectivity index (χ1v) is 7.14. The summed E-state index contributed by atoms with van der Waals surface area (Å²) in [5, 5.41) is 4.54. The molecule has 1 amide bonds. The maximum Gasteiger partial charge on any atom is 0.242 e. The van der Waals surface area contributed by atoms with Gasteiger partial charge in [-0.3, -0.25) is 9.48 Å². The van der Waals surface area contributed by atoms with Crippen LogP contribution in [0.2, 0.25) is 5.02 Å². The molecule has 0 aliphatic rings. The average molecular weight is 325 g/mol. The molecule has 0 atom stereocenters. The number of hydrogen-bond donors (Lipinski definition) is 0. The summed E-state index contributed by atoms with van der Waals surface area (Å²) < 4.78 is 15.4. The van der Waals surface area contributed by atoms with E-state index in [0.29, 0.717) is 16.4 Å². The van der Waals surface area contributed by atoms with Crippen molar-refractivity contribution >= 4 is 23.3 Å². The van der Waals surface area contributed by atoms with Crippen LogP contribution in [-0.4, -0.2) is 41.2 Å². The van der Waals surface area contributed by atoms with E-state index in [1.807, 2.05) is 13.1 Å². The van der Waals surface area contributed by atoms with Crippen molar-refractivity contribution in [1.29, 1.82) is 0 Å². The Balaban J connectivity index is 2.00. The summed E-state index contributed by atoms with van der Waals surface area (Å²) in [5.74, 6) is 0.144. The maximum atomic E-state index is 13.8. The van der Waals surface area contributed by atoms with Crippen LogP contribution in [-0.2, 0) is 18.4 Å². The Morgan fingerprint density at radius 1 is 1.36 bits per heavy atom. The van der Waals surface area contributed by atoms with Crippen LogP contribution in [0.4, 0.5) is 10.2 Å². The van der Waals surface area contributed by atoms with E-state index in [4.69, 9.17) is 11.6 Å². The molecule has 0 bridgehead atoms. The average Bonchev–Trinajstić information content (AvgIpc) is 2.89. The number of anilines is 1. The third kappa shape index (κ3) is 3.76. The Morgan fingerprint density at radius 2 is 2.09 bits per heavy atom. The van der Waals surface area contributed by atoms with Crippen molar-refractivity contribution in [3.63, 3.8) is 0 Å². The number of likely N-dealkylation sites (N-methyl/N-ethyl adjacent to an activating group) is 2. The molecule has 1 aromatic heterocycles. The van der Waals surface area contributed by atoms with E-state index in [2.05, 4.69) is 5.10 Å². The van der Waals surface area contributed by atoms with E-state index in [1.54, 1.807) is 35.9 Å². The number of nitrogens with zero attached hydrogens (tertiary/aromatic N) is 4. The van der Waals surface area contributed by atoms with Gasteiger partial charge in [0.25, 0.3) is 0 Å². The third-order valence-electron chi connectivity index (χ3n) is 3.35. The van der Waals surface area contributed by atoms with Gasteiger partial charge in [-0.15, -0.1) is 0 Å². The molecule has 2 aromatic rings. The maximum absolute atomic E-state index is 13.8. The molecule has 0 aliphatic heterocycles.